The molecule has 1 N–H and O–H groups in total. The molecule has 0 rings (SSSR count). The van der Waals surface area contributed by atoms with Gasteiger partial charge in [-0.15, -0.1) is 0 Å². The van der Waals surface area contributed by atoms with Gasteiger partial charge in [-0.25, -0.2) is 8.42 Å². The van der Waals surface area contributed by atoms with Gasteiger partial charge in [-0.05, 0) is 12.8 Å². The van der Waals surface area contributed by atoms with Crippen molar-refractivity contribution in [2.45, 2.75) is 76.6 Å². The minimum Gasteiger partial charge on any atom is -0.748 e. The van der Waals surface area contributed by atoms with E-state index in [0.29, 0.717) is 12.8 Å². The Labute approximate surface area is 154 Å². The minimum absolute atomic E-state index is 0. The van der Waals surface area contributed by atoms with E-state index in [1.807, 2.05) is 0 Å². The van der Waals surface area contributed by atoms with E-state index in [2.05, 4.69) is 6.92 Å². The molecule has 2 unspecified atom stereocenters. The molecule has 0 aliphatic carbocycles. The maximum absolute atomic E-state index is 11.0. The van der Waals surface area contributed by atoms with Crippen LogP contribution in [0.3, 0.4) is 0 Å². The zero-order valence-corrected chi connectivity index (χ0v) is 15.8. The summed E-state index contributed by atoms with van der Waals surface area (Å²) in [5.74, 6) is 0. The van der Waals surface area contributed by atoms with Crippen LogP contribution in [-0.4, -0.2) is 29.4 Å². The number of hydrogen-bond acceptors (Lipinski definition) is 4. The molecule has 0 fully saturated rings. The Morgan fingerprint density at radius 1 is 1.06 bits per heavy atom. The van der Waals surface area contributed by atoms with E-state index in [1.54, 1.807) is 6.92 Å². The Kier molecular flexibility index (Phi) is 14.9. The maximum Gasteiger partial charge on any atom is 1.00 e. The predicted octanol–water partition coefficient (Wildman–Crippen LogP) is -0.574. The van der Waals surface area contributed by atoms with Crippen LogP contribution in [0.2, 0.25) is 0 Å². The molecule has 0 heterocycles. The molecule has 4 nitrogen and oxygen atoms in total. The Morgan fingerprint density at radius 2 is 1.56 bits per heavy atom. The fourth-order valence-electron chi connectivity index (χ4n) is 1.92. The number of aliphatic hydroxyl groups excluding tert-OH is 1. The van der Waals surface area contributed by atoms with E-state index >= 15 is 0 Å². The fraction of sp³-hybridized carbons (Fsp3) is 1.00. The maximum atomic E-state index is 11.0. The quantitative estimate of drug-likeness (QED) is 0.333. The second kappa shape index (κ2) is 12.3. The smallest absolute Gasteiger partial charge is 0.748 e. The largest absolute Gasteiger partial charge is 1.00 e. The van der Waals surface area contributed by atoms with E-state index < -0.39 is 21.5 Å². The van der Waals surface area contributed by atoms with Crippen molar-refractivity contribution < 1.29 is 69.5 Å². The third kappa shape index (κ3) is 10.3. The molecule has 0 saturated carbocycles. The van der Waals surface area contributed by atoms with Crippen LogP contribution in [-0.2, 0) is 10.1 Å². The van der Waals surface area contributed by atoms with Gasteiger partial charge in [0.15, 0.2) is 0 Å². The third-order valence-corrected chi connectivity index (χ3v) is 4.35. The predicted molar refractivity (Wildman–Crippen MR) is 67.8 cm³/mol. The Hall–Kier alpha value is 1.51. The molecule has 0 aromatic rings. The first-order valence-corrected chi connectivity index (χ1v) is 8.03. The first-order valence-electron chi connectivity index (χ1n) is 6.56. The van der Waals surface area contributed by atoms with Crippen molar-refractivity contribution in [2.75, 3.05) is 0 Å². The SMILES string of the molecule is CCCCCCCCC(C(O)CC)S(=O)(=O)[O-].[K+]. The first-order chi connectivity index (χ1) is 7.93. The summed E-state index contributed by atoms with van der Waals surface area (Å²) in [5, 5.41) is 8.39. The summed E-state index contributed by atoms with van der Waals surface area (Å²) in [6.45, 7) is 3.82. The molecule has 0 aliphatic rings. The molecule has 0 bridgehead atoms. The van der Waals surface area contributed by atoms with E-state index in [0.717, 1.165) is 19.3 Å². The minimum atomic E-state index is -4.37. The van der Waals surface area contributed by atoms with Gasteiger partial charge >= 0.3 is 51.4 Å². The van der Waals surface area contributed by atoms with Crippen LogP contribution in [0.5, 0.6) is 0 Å². The van der Waals surface area contributed by atoms with Gasteiger partial charge in [0.2, 0.25) is 0 Å². The van der Waals surface area contributed by atoms with Gasteiger partial charge in [0.05, 0.1) is 11.4 Å². The average molecular weight is 304 g/mol. The van der Waals surface area contributed by atoms with Gasteiger partial charge in [-0.1, -0.05) is 52.4 Å². The van der Waals surface area contributed by atoms with Gasteiger partial charge in [0.25, 0.3) is 0 Å². The molecule has 0 aromatic heterocycles. The summed E-state index contributed by atoms with van der Waals surface area (Å²) >= 11 is 0. The van der Waals surface area contributed by atoms with Crippen molar-refractivity contribution in [1.82, 2.24) is 0 Å². The number of hydrogen-bond donors (Lipinski definition) is 1. The third-order valence-electron chi connectivity index (χ3n) is 3.06. The van der Waals surface area contributed by atoms with E-state index in [-0.39, 0.29) is 57.8 Å². The molecule has 0 radical (unpaired) electrons. The molecule has 0 amide bonds. The summed E-state index contributed by atoms with van der Waals surface area (Å²) in [4.78, 5) is 0. The molecule has 6 heteroatoms. The standard InChI is InChI=1S/C12H26O4S.K/c1-3-5-6-7-8-9-10-12(11(13)4-2)17(14,15)16;/h11-13H,3-10H2,1-2H3,(H,14,15,16);/q;+1/p-1. The van der Waals surface area contributed by atoms with Gasteiger partial charge < -0.3 is 9.66 Å². The molecule has 0 aromatic carbocycles. The van der Waals surface area contributed by atoms with Crippen LogP contribution < -0.4 is 51.4 Å². The van der Waals surface area contributed by atoms with E-state index in [9.17, 15) is 18.1 Å². The second-order valence-electron chi connectivity index (χ2n) is 4.56. The summed E-state index contributed by atoms with van der Waals surface area (Å²) < 4.78 is 32.9. The Bertz CT molecular complexity index is 280. The van der Waals surface area contributed by atoms with Crippen molar-refractivity contribution in [1.29, 1.82) is 0 Å². The van der Waals surface area contributed by atoms with Crippen LogP contribution >= 0.6 is 0 Å². The number of aliphatic hydroxyl groups is 1. The van der Waals surface area contributed by atoms with Crippen molar-refractivity contribution >= 4 is 10.1 Å². The van der Waals surface area contributed by atoms with Crippen LogP contribution in [0, 0.1) is 0 Å². The average Bonchev–Trinajstić information content (AvgIpc) is 2.25. The van der Waals surface area contributed by atoms with Crippen molar-refractivity contribution in [3.63, 3.8) is 0 Å². The molecular formula is C12H25KO4S. The topological polar surface area (TPSA) is 77.4 Å². The molecule has 0 aliphatic heterocycles. The second-order valence-corrected chi connectivity index (χ2v) is 6.15. The fourth-order valence-corrected chi connectivity index (χ4v) is 2.95. The molecule has 0 spiro atoms. The van der Waals surface area contributed by atoms with E-state index in [1.165, 1.54) is 12.8 Å². The summed E-state index contributed by atoms with van der Waals surface area (Å²) in [7, 11) is -4.37. The van der Waals surface area contributed by atoms with E-state index in [4.69, 9.17) is 0 Å². The first kappa shape index (κ1) is 21.8. The summed E-state index contributed by atoms with van der Waals surface area (Å²) in [5.41, 5.74) is 0. The zero-order valence-electron chi connectivity index (χ0n) is 11.9. The van der Waals surface area contributed by atoms with Crippen LogP contribution in [0.1, 0.15) is 65.2 Å². The van der Waals surface area contributed by atoms with Crippen LogP contribution in [0.25, 0.3) is 0 Å². The molecule has 2 atom stereocenters. The monoisotopic (exact) mass is 304 g/mol. The Morgan fingerprint density at radius 3 is 2.00 bits per heavy atom. The molecule has 104 valence electrons. The molecule has 18 heavy (non-hydrogen) atoms. The molecule has 0 saturated heterocycles. The van der Waals surface area contributed by atoms with Gasteiger partial charge in [-0.2, -0.15) is 0 Å². The van der Waals surface area contributed by atoms with Crippen molar-refractivity contribution in [2.24, 2.45) is 0 Å². The Balaban J connectivity index is 0. The van der Waals surface area contributed by atoms with Gasteiger partial charge in [0, 0.05) is 0 Å². The normalized spacial score (nSPS) is 14.9. The van der Waals surface area contributed by atoms with Gasteiger partial charge in [0.1, 0.15) is 10.1 Å². The molecular weight excluding hydrogens is 279 g/mol. The number of unbranched alkanes of at least 4 members (excludes halogenated alkanes) is 5. The summed E-state index contributed by atoms with van der Waals surface area (Å²) in [6, 6.07) is 0. The van der Waals surface area contributed by atoms with Gasteiger partial charge in [-0.3, -0.25) is 0 Å². The zero-order chi connectivity index (χ0) is 13.3. The summed E-state index contributed by atoms with van der Waals surface area (Å²) in [6.07, 6.45) is 5.80. The van der Waals surface area contributed by atoms with Crippen LogP contribution in [0.15, 0.2) is 0 Å². The van der Waals surface area contributed by atoms with Crippen molar-refractivity contribution in [3.8, 4) is 0 Å². The van der Waals surface area contributed by atoms with Crippen LogP contribution in [0.4, 0.5) is 0 Å². The number of rotatable bonds is 10. The van der Waals surface area contributed by atoms with Crippen molar-refractivity contribution in [3.05, 3.63) is 0 Å².